The van der Waals surface area contributed by atoms with Gasteiger partial charge in [-0.3, -0.25) is 14.4 Å². The van der Waals surface area contributed by atoms with Gasteiger partial charge in [0.2, 0.25) is 17.7 Å². The zero-order chi connectivity index (χ0) is 24.2. The number of carbonyl (C=O) groups is 4. The van der Waals surface area contributed by atoms with E-state index in [9.17, 15) is 24.3 Å². The highest BCUT2D eigenvalue weighted by atomic mass is 16.4. The normalized spacial score (nSPS) is 18.1. The van der Waals surface area contributed by atoms with Crippen LogP contribution in [0.5, 0.6) is 0 Å². The maximum absolute atomic E-state index is 12.9. The standard InChI is InChI=1S/C23H35N5O5/c1-15(26-21(30)17-11-7-13-25-17)20(29)27-18(10-5-6-12-24)22(31)28-19(23(32)33)14-16-8-3-2-4-9-16/h2-4,8-9,15,17-19,25H,5-7,10-14,24H2,1H3,(H,26,30)(H,27,29)(H,28,31)(H,32,33). The molecule has 4 unspecified atom stereocenters. The number of nitrogens with one attached hydrogen (secondary N) is 4. The van der Waals surface area contributed by atoms with Gasteiger partial charge in [-0.15, -0.1) is 0 Å². The molecule has 0 aromatic heterocycles. The van der Waals surface area contributed by atoms with Crippen molar-refractivity contribution in [3.05, 3.63) is 35.9 Å². The van der Waals surface area contributed by atoms with Gasteiger partial charge in [-0.25, -0.2) is 4.79 Å². The van der Waals surface area contributed by atoms with E-state index < -0.39 is 35.9 Å². The van der Waals surface area contributed by atoms with Crippen molar-refractivity contribution in [1.82, 2.24) is 21.3 Å². The Morgan fingerprint density at radius 1 is 1.06 bits per heavy atom. The third kappa shape index (κ3) is 8.82. The van der Waals surface area contributed by atoms with Crippen molar-refractivity contribution in [3.8, 4) is 0 Å². The molecule has 1 fully saturated rings. The largest absolute Gasteiger partial charge is 0.480 e. The van der Waals surface area contributed by atoms with Crippen LogP contribution >= 0.6 is 0 Å². The first-order chi connectivity index (χ1) is 15.8. The maximum atomic E-state index is 12.9. The summed E-state index contributed by atoms with van der Waals surface area (Å²) in [4.78, 5) is 49.6. The molecule has 0 radical (unpaired) electrons. The fourth-order valence-corrected chi connectivity index (χ4v) is 3.67. The molecule has 33 heavy (non-hydrogen) atoms. The highest BCUT2D eigenvalue weighted by Gasteiger charge is 2.29. The van der Waals surface area contributed by atoms with Crippen molar-refractivity contribution >= 4 is 23.7 Å². The lowest BCUT2D eigenvalue weighted by atomic mass is 10.0. The van der Waals surface area contributed by atoms with Gasteiger partial charge in [0, 0.05) is 6.42 Å². The first kappa shape index (κ1) is 26.3. The molecule has 10 nitrogen and oxygen atoms in total. The molecular formula is C23H35N5O5. The minimum atomic E-state index is -1.16. The Labute approximate surface area is 194 Å². The molecule has 0 aliphatic carbocycles. The molecule has 1 saturated heterocycles. The number of nitrogens with two attached hydrogens (primary N) is 1. The van der Waals surface area contributed by atoms with Crippen molar-refractivity contribution in [2.75, 3.05) is 13.1 Å². The van der Waals surface area contributed by atoms with Crippen LogP contribution in [0.15, 0.2) is 30.3 Å². The van der Waals surface area contributed by atoms with E-state index in [0.29, 0.717) is 32.2 Å². The molecule has 2 rings (SSSR count). The summed E-state index contributed by atoms with van der Waals surface area (Å²) in [6, 6.07) is 5.74. The Balaban J connectivity index is 1.99. The molecule has 1 aromatic rings. The summed E-state index contributed by atoms with van der Waals surface area (Å²) in [5.74, 6) is -2.51. The summed E-state index contributed by atoms with van der Waals surface area (Å²) in [5, 5.41) is 20.5. The van der Waals surface area contributed by atoms with Gasteiger partial charge in [0.05, 0.1) is 6.04 Å². The van der Waals surface area contributed by atoms with Gasteiger partial charge in [0.15, 0.2) is 0 Å². The van der Waals surface area contributed by atoms with Gasteiger partial charge in [0.1, 0.15) is 18.1 Å². The highest BCUT2D eigenvalue weighted by Crippen LogP contribution is 2.08. The van der Waals surface area contributed by atoms with Crippen LogP contribution in [0.1, 0.15) is 44.6 Å². The summed E-state index contributed by atoms with van der Waals surface area (Å²) >= 11 is 0. The van der Waals surface area contributed by atoms with Gasteiger partial charge in [-0.1, -0.05) is 30.3 Å². The van der Waals surface area contributed by atoms with Gasteiger partial charge in [-0.2, -0.15) is 0 Å². The summed E-state index contributed by atoms with van der Waals surface area (Å²) in [5.41, 5.74) is 6.31. The van der Waals surface area contributed by atoms with Crippen LogP contribution in [0.2, 0.25) is 0 Å². The second-order valence-corrected chi connectivity index (χ2v) is 8.31. The Kier molecular flexibility index (Phi) is 10.8. The highest BCUT2D eigenvalue weighted by molar-refractivity contribution is 5.94. The number of aliphatic carboxylic acids is 1. The molecule has 1 aromatic carbocycles. The summed E-state index contributed by atoms with van der Waals surface area (Å²) < 4.78 is 0. The molecule has 0 bridgehead atoms. The van der Waals surface area contributed by atoms with Crippen molar-refractivity contribution in [1.29, 1.82) is 0 Å². The smallest absolute Gasteiger partial charge is 0.326 e. The van der Waals surface area contributed by atoms with E-state index in [1.807, 2.05) is 6.07 Å². The predicted octanol–water partition coefficient (Wildman–Crippen LogP) is -0.331. The topological polar surface area (TPSA) is 163 Å². The Bertz CT molecular complexity index is 798. The second kappa shape index (κ2) is 13.5. The van der Waals surface area contributed by atoms with Crippen LogP contribution in [0.3, 0.4) is 0 Å². The van der Waals surface area contributed by atoms with Crippen molar-refractivity contribution in [2.24, 2.45) is 5.73 Å². The average molecular weight is 462 g/mol. The van der Waals surface area contributed by atoms with E-state index in [1.165, 1.54) is 0 Å². The molecular weight excluding hydrogens is 426 g/mol. The molecule has 10 heteroatoms. The Morgan fingerprint density at radius 3 is 2.36 bits per heavy atom. The number of rotatable bonds is 13. The van der Waals surface area contributed by atoms with Gasteiger partial charge in [0.25, 0.3) is 0 Å². The van der Waals surface area contributed by atoms with Gasteiger partial charge >= 0.3 is 5.97 Å². The molecule has 1 heterocycles. The lowest BCUT2D eigenvalue weighted by Gasteiger charge is -2.24. The van der Waals surface area contributed by atoms with Crippen LogP contribution in [-0.4, -0.2) is 66.1 Å². The zero-order valence-corrected chi connectivity index (χ0v) is 19.0. The molecule has 1 aliphatic heterocycles. The van der Waals surface area contributed by atoms with Crippen molar-refractivity contribution in [3.63, 3.8) is 0 Å². The van der Waals surface area contributed by atoms with E-state index in [4.69, 9.17) is 5.73 Å². The number of carbonyl (C=O) groups excluding carboxylic acids is 3. The van der Waals surface area contributed by atoms with Crippen molar-refractivity contribution in [2.45, 2.75) is 69.6 Å². The minimum Gasteiger partial charge on any atom is -0.480 e. The Morgan fingerprint density at radius 2 is 1.76 bits per heavy atom. The zero-order valence-electron chi connectivity index (χ0n) is 19.0. The second-order valence-electron chi connectivity index (χ2n) is 8.31. The number of amides is 3. The third-order valence-corrected chi connectivity index (χ3v) is 5.61. The molecule has 4 atom stereocenters. The van der Waals surface area contributed by atoms with E-state index in [-0.39, 0.29) is 18.4 Å². The first-order valence-corrected chi connectivity index (χ1v) is 11.4. The van der Waals surface area contributed by atoms with Crippen LogP contribution in [0.4, 0.5) is 0 Å². The fourth-order valence-electron chi connectivity index (χ4n) is 3.67. The summed E-state index contributed by atoms with van der Waals surface area (Å²) in [6.07, 6.45) is 3.27. The van der Waals surface area contributed by atoms with E-state index in [2.05, 4.69) is 21.3 Å². The van der Waals surface area contributed by atoms with Crippen molar-refractivity contribution < 1.29 is 24.3 Å². The van der Waals surface area contributed by atoms with Crippen LogP contribution in [0.25, 0.3) is 0 Å². The molecule has 182 valence electrons. The van der Waals surface area contributed by atoms with E-state index in [1.54, 1.807) is 31.2 Å². The van der Waals surface area contributed by atoms with Crippen LogP contribution in [0, 0.1) is 0 Å². The lowest BCUT2D eigenvalue weighted by Crippen LogP contribution is -2.56. The minimum absolute atomic E-state index is 0.117. The number of hydrogen-bond acceptors (Lipinski definition) is 6. The number of hydrogen-bond donors (Lipinski definition) is 6. The fraction of sp³-hybridized carbons (Fsp3) is 0.565. The van der Waals surface area contributed by atoms with Crippen LogP contribution in [-0.2, 0) is 25.6 Å². The number of benzene rings is 1. The quantitative estimate of drug-likeness (QED) is 0.219. The van der Waals surface area contributed by atoms with E-state index >= 15 is 0 Å². The molecule has 1 aliphatic rings. The van der Waals surface area contributed by atoms with Gasteiger partial charge < -0.3 is 32.1 Å². The SMILES string of the molecule is CC(NC(=O)C1CCCN1)C(=O)NC(CCCCN)C(=O)NC(Cc1ccccc1)C(=O)O. The summed E-state index contributed by atoms with van der Waals surface area (Å²) in [6.45, 7) is 2.75. The first-order valence-electron chi connectivity index (χ1n) is 11.4. The van der Waals surface area contributed by atoms with E-state index in [0.717, 1.165) is 18.5 Å². The van der Waals surface area contributed by atoms with Gasteiger partial charge in [-0.05, 0) is 57.7 Å². The molecule has 0 saturated carbocycles. The van der Waals surface area contributed by atoms with Crippen LogP contribution < -0.4 is 27.0 Å². The number of unbranched alkanes of at least 4 members (excludes halogenated alkanes) is 1. The third-order valence-electron chi connectivity index (χ3n) is 5.61. The lowest BCUT2D eigenvalue weighted by molar-refractivity contribution is -0.142. The molecule has 7 N–H and O–H groups in total. The maximum Gasteiger partial charge on any atom is 0.326 e. The number of carboxylic acids is 1. The molecule has 3 amide bonds. The Hall–Kier alpha value is -2.98. The monoisotopic (exact) mass is 461 g/mol. The molecule has 0 spiro atoms. The predicted molar refractivity (Wildman–Crippen MR) is 123 cm³/mol. The average Bonchev–Trinajstić information content (AvgIpc) is 3.33. The number of carboxylic acid groups (broad SMARTS) is 1. The summed E-state index contributed by atoms with van der Waals surface area (Å²) in [7, 11) is 0.